The second kappa shape index (κ2) is 9.82. The Balaban J connectivity index is 0. The van der Waals surface area contributed by atoms with Gasteiger partial charge >= 0.3 is 37.5 Å². The monoisotopic (exact) mass is 50.1 g/mol. The van der Waals surface area contributed by atoms with Gasteiger partial charge in [0.15, 0.2) is 0 Å². The van der Waals surface area contributed by atoms with Crippen molar-refractivity contribution in [2.75, 3.05) is 0 Å². The van der Waals surface area contributed by atoms with Gasteiger partial charge in [-0.05, 0) is 0 Å². The van der Waals surface area contributed by atoms with Crippen molar-refractivity contribution in [1.82, 2.24) is 0 Å². The average Bonchev–Trinajstić information content (AvgIpc) is 0.918. The van der Waals surface area contributed by atoms with E-state index in [0.29, 0.717) is 0 Å². The second-order valence-electron chi connectivity index (χ2n) is 0.236. The normalized spacial score (nSPS) is 2.25. The molecule has 0 aromatic rings. The van der Waals surface area contributed by atoms with Gasteiger partial charge in [-0.25, -0.2) is 0 Å². The van der Waals surface area contributed by atoms with Crippen molar-refractivity contribution in [2.45, 2.75) is 6.82 Å². The zero-order valence-electron chi connectivity index (χ0n) is 1.99. The molecule has 0 radical (unpaired) electrons. The van der Waals surface area contributed by atoms with Crippen molar-refractivity contribution < 1.29 is 4.70 Å². The quantitative estimate of drug-likeness (QED) is 0.336. The van der Waals surface area contributed by atoms with Crippen molar-refractivity contribution in [3.05, 3.63) is 0 Å². The first kappa shape index (κ1) is 8.82. The predicted octanol–water partition coefficient (Wildman–Crippen LogP) is -0.564. The third kappa shape index (κ3) is 24.6. The molecule has 0 fully saturated rings. The molecule has 4 heavy (non-hydrogen) atoms. The average molecular weight is 49.8 g/mol. The molecule has 3 heteroatoms. The molecule has 0 unspecified atom stereocenters. The summed E-state index contributed by atoms with van der Waals surface area (Å²) in [6.45, 7) is 1.44. The van der Waals surface area contributed by atoms with Gasteiger partial charge in [-0.3, -0.25) is 0 Å². The van der Waals surface area contributed by atoms with Gasteiger partial charge in [-0.15, -0.1) is 0 Å². The molecule has 0 aliphatic heterocycles. The van der Waals surface area contributed by atoms with E-state index in [2.05, 4.69) is 0 Å². The van der Waals surface area contributed by atoms with Crippen LogP contribution in [0.5, 0.6) is 0 Å². The first-order valence-electron chi connectivity index (χ1n) is 0.813. The molecule has 0 amide bonds. The van der Waals surface area contributed by atoms with Crippen LogP contribution in [0.2, 0.25) is 6.82 Å². The zero-order valence-corrected chi connectivity index (χ0v) is 1.99. The van der Waals surface area contributed by atoms with Crippen molar-refractivity contribution >= 4 is 26.0 Å². The van der Waals surface area contributed by atoms with E-state index in [4.69, 9.17) is 4.70 Å². The maximum absolute atomic E-state index is 8.81. The van der Waals surface area contributed by atoms with Crippen LogP contribution in [-0.2, 0) is 4.70 Å². The van der Waals surface area contributed by atoms with Crippen LogP contribution in [0.4, 0.5) is 0 Å². The Bertz CT molecular complexity index is 15.5. The number of hydrogen-bond donors (Lipinski definition) is 0. The first-order valence-corrected chi connectivity index (χ1v) is 0.813. The second-order valence-corrected chi connectivity index (χ2v) is 0.236. The molecular formula is CH4BLiO. The Morgan fingerprint density at radius 2 is 1.75 bits per heavy atom. The molecule has 0 rings (SSSR count). The van der Waals surface area contributed by atoms with Crippen molar-refractivity contribution in [3.63, 3.8) is 0 Å². The van der Waals surface area contributed by atoms with Crippen LogP contribution < -0.4 is 0 Å². The molecule has 0 saturated carbocycles. The molecule has 0 spiro atoms. The van der Waals surface area contributed by atoms with Crippen molar-refractivity contribution in [3.8, 4) is 0 Å². The fraction of sp³-hybridized carbons (Fsp3) is 1.00. The van der Waals surface area contributed by atoms with Gasteiger partial charge < -0.3 is 0 Å². The Morgan fingerprint density at radius 1 is 1.75 bits per heavy atom. The SMILES string of the molecule is CB=O.[LiH]. The van der Waals surface area contributed by atoms with Crippen LogP contribution >= 0.6 is 0 Å². The van der Waals surface area contributed by atoms with Gasteiger partial charge in [-0.2, -0.15) is 0 Å². The molecule has 0 N–H and O–H groups in total. The Hall–Kier alpha value is 0.462. The third-order valence-corrected chi connectivity index (χ3v) is 0. The van der Waals surface area contributed by atoms with E-state index in [-0.39, 0.29) is 18.9 Å². The molecule has 0 aromatic heterocycles. The van der Waals surface area contributed by atoms with E-state index >= 15 is 0 Å². The van der Waals surface area contributed by atoms with Gasteiger partial charge in [0, 0.05) is 0 Å². The van der Waals surface area contributed by atoms with E-state index in [9.17, 15) is 0 Å². The van der Waals surface area contributed by atoms with E-state index in [0.717, 1.165) is 7.15 Å². The van der Waals surface area contributed by atoms with Gasteiger partial charge in [-0.1, -0.05) is 0 Å². The summed E-state index contributed by atoms with van der Waals surface area (Å²) in [7, 11) is 0.750. The Morgan fingerprint density at radius 3 is 1.75 bits per heavy atom. The summed E-state index contributed by atoms with van der Waals surface area (Å²) in [5, 5.41) is 0. The summed E-state index contributed by atoms with van der Waals surface area (Å²) in [6, 6.07) is 0. The number of rotatable bonds is 0. The molecule has 0 aromatic carbocycles. The van der Waals surface area contributed by atoms with Crippen molar-refractivity contribution in [2.24, 2.45) is 0 Å². The minimum absolute atomic E-state index is 0. The molecule has 0 atom stereocenters. The fourth-order valence-electron chi connectivity index (χ4n) is 0. The summed E-state index contributed by atoms with van der Waals surface area (Å²) in [4.78, 5) is 0. The van der Waals surface area contributed by atoms with E-state index in [1.807, 2.05) is 0 Å². The number of hydrogen-bond acceptors (Lipinski definition) is 1. The summed E-state index contributed by atoms with van der Waals surface area (Å²) < 4.78 is 8.81. The fourth-order valence-corrected chi connectivity index (χ4v) is 0. The third-order valence-electron chi connectivity index (χ3n) is 0. The standard InChI is InChI=1S/CH3BO.Li.H/c1-2-3;;/h1H3;;. The Kier molecular flexibility index (Phi) is 21.7. The molecule has 0 saturated heterocycles. The molecule has 0 heterocycles. The first-order chi connectivity index (χ1) is 1.41. The van der Waals surface area contributed by atoms with E-state index in [1.54, 1.807) is 0 Å². The predicted molar refractivity (Wildman–Crippen MR) is 19.5 cm³/mol. The van der Waals surface area contributed by atoms with Gasteiger partial charge in [0.1, 0.15) is 0 Å². The van der Waals surface area contributed by atoms with E-state index < -0.39 is 0 Å². The van der Waals surface area contributed by atoms with E-state index in [1.165, 1.54) is 6.82 Å². The Labute approximate surface area is 38.2 Å². The van der Waals surface area contributed by atoms with Gasteiger partial charge in [0.05, 0.1) is 0 Å². The van der Waals surface area contributed by atoms with Gasteiger partial charge in [0.2, 0.25) is 0 Å². The van der Waals surface area contributed by atoms with Crippen LogP contribution in [0.3, 0.4) is 0 Å². The summed E-state index contributed by atoms with van der Waals surface area (Å²) in [5.74, 6) is 0. The van der Waals surface area contributed by atoms with Crippen molar-refractivity contribution in [1.29, 1.82) is 0 Å². The topological polar surface area (TPSA) is 17.1 Å². The van der Waals surface area contributed by atoms with Gasteiger partial charge in [0.25, 0.3) is 0 Å². The summed E-state index contributed by atoms with van der Waals surface area (Å²) in [6.07, 6.45) is 0. The van der Waals surface area contributed by atoms with Crippen LogP contribution in [-0.4, -0.2) is 26.0 Å². The molecule has 0 aliphatic carbocycles. The maximum atomic E-state index is 8.81. The van der Waals surface area contributed by atoms with Crippen LogP contribution in [0.1, 0.15) is 0 Å². The minimum atomic E-state index is 0. The molecule has 0 aliphatic rings. The molecule has 1 nitrogen and oxygen atoms in total. The molecule has 0 bridgehead atoms. The van der Waals surface area contributed by atoms with Crippen LogP contribution in [0.15, 0.2) is 0 Å². The molecular weight excluding hydrogens is 45.8 g/mol. The van der Waals surface area contributed by atoms with Crippen LogP contribution in [0.25, 0.3) is 0 Å². The summed E-state index contributed by atoms with van der Waals surface area (Å²) in [5.41, 5.74) is 0. The summed E-state index contributed by atoms with van der Waals surface area (Å²) >= 11 is 0. The molecule has 18 valence electrons. The van der Waals surface area contributed by atoms with Crippen LogP contribution in [0, 0.1) is 0 Å². The zero-order chi connectivity index (χ0) is 2.71.